The molecule has 13 nitrogen and oxygen atoms in total. The lowest BCUT2D eigenvalue weighted by molar-refractivity contribution is -0.164. The van der Waals surface area contributed by atoms with Gasteiger partial charge in [-0.2, -0.15) is 0 Å². The Morgan fingerprint density at radius 1 is 0.596 bits per heavy atom. The Morgan fingerprint density at radius 2 is 0.979 bits per heavy atom. The van der Waals surface area contributed by atoms with E-state index in [4.69, 9.17) is 0 Å². The minimum absolute atomic E-state index is 0.195. The minimum Gasteiger partial charge on any atom is -0.479 e. The molecule has 0 radical (unpaired) electrons. The molecule has 0 rings (SSSR count). The van der Waals surface area contributed by atoms with Crippen molar-refractivity contribution in [3.05, 3.63) is 24.3 Å². The Kier molecular flexibility index (Phi) is 25.8. The average Bonchev–Trinajstić information content (AvgIpc) is 3.02. The van der Waals surface area contributed by atoms with Crippen LogP contribution >= 0.6 is 0 Å². The molecule has 0 spiro atoms. The average molecular weight is 669 g/mol. The third-order valence-corrected chi connectivity index (χ3v) is 7.52. The fourth-order valence-corrected chi connectivity index (χ4v) is 4.59. The molecule has 0 saturated heterocycles. The monoisotopic (exact) mass is 668 g/mol. The summed E-state index contributed by atoms with van der Waals surface area (Å²) in [5, 5.41) is 46.1. The lowest BCUT2D eigenvalue weighted by atomic mass is 9.94. The molecule has 13 heteroatoms. The van der Waals surface area contributed by atoms with E-state index >= 15 is 0 Å². The van der Waals surface area contributed by atoms with E-state index in [2.05, 4.69) is 24.5 Å². The first-order valence-electron chi connectivity index (χ1n) is 17.3. The second kappa shape index (κ2) is 27.8. The van der Waals surface area contributed by atoms with E-state index in [1.54, 1.807) is 12.2 Å². The summed E-state index contributed by atoms with van der Waals surface area (Å²) < 4.78 is 0. The molecule has 47 heavy (non-hydrogen) atoms. The van der Waals surface area contributed by atoms with Gasteiger partial charge in [-0.1, -0.05) is 77.4 Å². The fourth-order valence-electron chi connectivity index (χ4n) is 4.59. The number of rotatable bonds is 29. The molecule has 0 aromatic rings. The van der Waals surface area contributed by atoms with Crippen molar-refractivity contribution < 1.29 is 44.6 Å². The van der Waals surface area contributed by atoms with Crippen molar-refractivity contribution in [3.8, 4) is 0 Å². The van der Waals surface area contributed by atoms with Crippen molar-refractivity contribution in [3.63, 3.8) is 0 Å². The van der Waals surface area contributed by atoms with Crippen molar-refractivity contribution in [2.75, 3.05) is 26.2 Å². The van der Waals surface area contributed by atoms with E-state index in [9.17, 15) is 44.6 Å². The van der Waals surface area contributed by atoms with Crippen LogP contribution in [-0.4, -0.2) is 92.1 Å². The number of hydroxylamine groups is 4. The van der Waals surface area contributed by atoms with E-state index in [1.165, 1.54) is 12.2 Å². The molecule has 0 atom stereocenters. The number of nitrogens with zero attached hydrogens (tertiary/aromatic N) is 2. The number of carbonyl (C=O) groups excluding carboxylic acids is 4. The number of aliphatic hydroxyl groups is 1. The van der Waals surface area contributed by atoms with E-state index in [0.717, 1.165) is 51.4 Å². The summed E-state index contributed by atoms with van der Waals surface area (Å²) in [6, 6.07) is 0. The summed E-state index contributed by atoms with van der Waals surface area (Å²) in [5.74, 6) is -3.95. The third kappa shape index (κ3) is 23.6. The molecule has 0 heterocycles. The van der Waals surface area contributed by atoms with E-state index in [-0.39, 0.29) is 26.2 Å². The zero-order valence-corrected chi connectivity index (χ0v) is 28.6. The fraction of sp³-hybridized carbons (Fsp3) is 0.735. The zero-order chi connectivity index (χ0) is 35.3. The molecule has 6 N–H and O–H groups in total. The van der Waals surface area contributed by atoms with Crippen LogP contribution in [0.2, 0.25) is 0 Å². The number of carboxylic acids is 1. The van der Waals surface area contributed by atoms with Gasteiger partial charge in [-0.05, 0) is 51.4 Å². The van der Waals surface area contributed by atoms with Gasteiger partial charge in [0, 0.05) is 38.3 Å². The van der Waals surface area contributed by atoms with Crippen LogP contribution in [-0.2, 0) is 24.0 Å². The highest BCUT2D eigenvalue weighted by Crippen LogP contribution is 2.16. The van der Waals surface area contributed by atoms with E-state index in [1.807, 2.05) is 0 Å². The van der Waals surface area contributed by atoms with Crippen molar-refractivity contribution in [1.82, 2.24) is 20.8 Å². The van der Waals surface area contributed by atoms with E-state index < -0.39 is 48.0 Å². The number of nitrogens with one attached hydrogen (secondary N) is 2. The first kappa shape index (κ1) is 43.7. The number of hydrogen-bond donors (Lipinski definition) is 6. The SMILES string of the molecule is CCCCC/C=C/C(=O)N(O)CCCCCCNC(=O)CC(O)(CC(=O)NCCCCCCN(O)C(=O)/C=C/CCCCC)C(=O)O. The maximum atomic E-state index is 12.3. The van der Waals surface area contributed by atoms with Crippen molar-refractivity contribution in [2.45, 2.75) is 135 Å². The summed E-state index contributed by atoms with van der Waals surface area (Å²) in [5.41, 5.74) is -2.54. The molecule has 4 amide bonds. The predicted octanol–water partition coefficient (Wildman–Crippen LogP) is 4.64. The molecule has 270 valence electrons. The van der Waals surface area contributed by atoms with Crippen LogP contribution in [0.15, 0.2) is 24.3 Å². The second-order valence-corrected chi connectivity index (χ2v) is 11.9. The number of hydrogen-bond acceptors (Lipinski definition) is 8. The highest BCUT2D eigenvalue weighted by molar-refractivity contribution is 5.91. The number of amides is 4. The van der Waals surface area contributed by atoms with Crippen molar-refractivity contribution >= 4 is 29.6 Å². The van der Waals surface area contributed by atoms with Gasteiger partial charge in [0.1, 0.15) is 0 Å². The van der Waals surface area contributed by atoms with Crippen LogP contribution in [0, 0.1) is 0 Å². The van der Waals surface area contributed by atoms with Gasteiger partial charge in [-0.3, -0.25) is 29.6 Å². The molecule has 0 aliphatic heterocycles. The Morgan fingerprint density at radius 3 is 1.34 bits per heavy atom. The van der Waals surface area contributed by atoms with Gasteiger partial charge in [0.05, 0.1) is 12.8 Å². The maximum absolute atomic E-state index is 12.3. The van der Waals surface area contributed by atoms with Crippen LogP contribution in [0.3, 0.4) is 0 Å². The molecule has 0 aliphatic rings. The summed E-state index contributed by atoms with van der Waals surface area (Å²) in [7, 11) is 0. The van der Waals surface area contributed by atoms with Crippen LogP contribution in [0.5, 0.6) is 0 Å². The normalized spacial score (nSPS) is 11.6. The molecule has 0 saturated carbocycles. The van der Waals surface area contributed by atoms with Crippen molar-refractivity contribution in [1.29, 1.82) is 0 Å². The Balaban J connectivity index is 4.13. The first-order chi connectivity index (χ1) is 22.5. The van der Waals surface area contributed by atoms with Gasteiger partial charge in [-0.25, -0.2) is 14.9 Å². The van der Waals surface area contributed by atoms with Crippen LogP contribution < -0.4 is 10.6 Å². The van der Waals surface area contributed by atoms with Gasteiger partial charge < -0.3 is 20.8 Å². The van der Waals surface area contributed by atoms with Crippen LogP contribution in [0.1, 0.15) is 129 Å². The zero-order valence-electron chi connectivity index (χ0n) is 28.6. The van der Waals surface area contributed by atoms with E-state index in [0.29, 0.717) is 61.5 Å². The molecular formula is C34H60N4O9. The molecule has 0 aliphatic carbocycles. The number of carboxylic acid groups (broad SMARTS) is 1. The molecule has 0 aromatic carbocycles. The molecule has 0 bridgehead atoms. The quantitative estimate of drug-likeness (QED) is 0.0285. The highest BCUT2D eigenvalue weighted by Gasteiger charge is 2.40. The Hall–Kier alpha value is -3.29. The standard InChI is InChI=1S/C34H60N4O9/c1-3-5-7-9-15-21-31(41)37(46)25-19-13-11-17-23-35-29(39)27-34(45,33(43)44)28-30(40)36-24-18-12-14-20-26-38(47)32(42)22-16-10-8-6-4-2/h15-16,21-22,45-47H,3-14,17-20,23-28H2,1-2H3,(H,35,39)(H,36,40)(H,43,44)/b21-15+,22-16+. The third-order valence-electron chi connectivity index (χ3n) is 7.52. The number of allylic oxidation sites excluding steroid dienone is 2. The Bertz CT molecular complexity index is 905. The van der Waals surface area contributed by atoms with Gasteiger partial charge in [0.15, 0.2) is 5.60 Å². The maximum Gasteiger partial charge on any atom is 0.336 e. The molecule has 0 unspecified atom stereocenters. The largest absolute Gasteiger partial charge is 0.479 e. The summed E-state index contributed by atoms with van der Waals surface area (Å²) >= 11 is 0. The summed E-state index contributed by atoms with van der Waals surface area (Å²) in [6.07, 6.45) is 17.9. The molecule has 0 aromatic heterocycles. The smallest absolute Gasteiger partial charge is 0.336 e. The number of unbranched alkanes of at least 4 members (excludes halogenated alkanes) is 12. The van der Waals surface area contributed by atoms with Gasteiger partial charge in [-0.15, -0.1) is 0 Å². The first-order valence-corrected chi connectivity index (χ1v) is 17.3. The lowest BCUT2D eigenvalue weighted by Gasteiger charge is -2.22. The molecular weight excluding hydrogens is 608 g/mol. The highest BCUT2D eigenvalue weighted by atomic mass is 16.5. The Labute approximate surface area is 280 Å². The molecule has 0 fully saturated rings. The topological polar surface area (TPSA) is 197 Å². The van der Waals surface area contributed by atoms with Gasteiger partial charge in [0.2, 0.25) is 11.8 Å². The summed E-state index contributed by atoms with van der Waals surface area (Å²) in [4.78, 5) is 60.0. The lowest BCUT2D eigenvalue weighted by Crippen LogP contribution is -2.47. The summed E-state index contributed by atoms with van der Waals surface area (Å²) in [6.45, 7) is 5.09. The minimum atomic E-state index is -2.54. The number of aliphatic carboxylic acids is 1. The second-order valence-electron chi connectivity index (χ2n) is 11.9. The van der Waals surface area contributed by atoms with Gasteiger partial charge >= 0.3 is 5.97 Å². The van der Waals surface area contributed by atoms with Crippen molar-refractivity contribution in [2.24, 2.45) is 0 Å². The number of carbonyl (C=O) groups is 5. The van der Waals surface area contributed by atoms with Crippen LogP contribution in [0.4, 0.5) is 0 Å². The predicted molar refractivity (Wildman–Crippen MR) is 178 cm³/mol. The van der Waals surface area contributed by atoms with Gasteiger partial charge in [0.25, 0.3) is 11.8 Å². The van der Waals surface area contributed by atoms with Crippen LogP contribution in [0.25, 0.3) is 0 Å².